The normalized spacial score (nSPS) is 11.7. The molecule has 0 aliphatic rings. The molecule has 0 fully saturated rings. The van der Waals surface area contributed by atoms with E-state index in [2.05, 4.69) is 15.6 Å². The number of hydrogen-bond acceptors (Lipinski definition) is 4. The Morgan fingerprint density at radius 1 is 1.37 bits per heavy atom. The molecule has 1 heterocycles. The molecule has 2 N–H and O–H groups in total. The van der Waals surface area contributed by atoms with E-state index < -0.39 is 5.54 Å². The third-order valence-electron chi connectivity index (χ3n) is 2.92. The minimum atomic E-state index is -0.550. The van der Waals surface area contributed by atoms with E-state index in [-0.39, 0.29) is 5.91 Å². The lowest BCUT2D eigenvalue weighted by Gasteiger charge is -2.24. The van der Waals surface area contributed by atoms with Crippen LogP contribution >= 0.6 is 11.3 Å². The van der Waals surface area contributed by atoms with Gasteiger partial charge in [-0.05, 0) is 32.5 Å². The van der Waals surface area contributed by atoms with Gasteiger partial charge in [0, 0.05) is 0 Å². The highest BCUT2D eigenvalue weighted by Crippen LogP contribution is 2.21. The molecule has 0 aliphatic heterocycles. The van der Waals surface area contributed by atoms with Crippen molar-refractivity contribution in [2.75, 3.05) is 6.54 Å². The predicted octanol–water partition coefficient (Wildman–Crippen LogP) is 2.30. The van der Waals surface area contributed by atoms with Gasteiger partial charge in [0.15, 0.2) is 0 Å². The van der Waals surface area contributed by atoms with Crippen molar-refractivity contribution < 1.29 is 4.79 Å². The van der Waals surface area contributed by atoms with Gasteiger partial charge in [-0.15, -0.1) is 11.3 Å². The highest BCUT2D eigenvalue weighted by atomic mass is 32.1. The number of aromatic nitrogens is 1. The fourth-order valence-corrected chi connectivity index (χ4v) is 2.80. The van der Waals surface area contributed by atoms with E-state index in [1.165, 1.54) is 0 Å². The second kappa shape index (κ2) is 5.67. The maximum absolute atomic E-state index is 12.0. The molecular formula is C14H19N3OS. The van der Waals surface area contributed by atoms with E-state index in [1.54, 1.807) is 11.3 Å². The van der Waals surface area contributed by atoms with Crippen molar-refractivity contribution in [3.8, 4) is 0 Å². The van der Waals surface area contributed by atoms with Gasteiger partial charge >= 0.3 is 0 Å². The summed E-state index contributed by atoms with van der Waals surface area (Å²) >= 11 is 1.62. The quantitative estimate of drug-likeness (QED) is 0.881. The average Bonchev–Trinajstić information content (AvgIpc) is 2.78. The van der Waals surface area contributed by atoms with Crippen LogP contribution in [0.15, 0.2) is 24.3 Å². The van der Waals surface area contributed by atoms with Crippen molar-refractivity contribution in [2.24, 2.45) is 0 Å². The van der Waals surface area contributed by atoms with Crippen molar-refractivity contribution in [3.05, 3.63) is 29.3 Å². The van der Waals surface area contributed by atoms with Gasteiger partial charge in [-0.3, -0.25) is 4.79 Å². The molecule has 0 spiro atoms. The Bertz CT molecular complexity index is 544. The standard InChI is InChI=1S/C14H19N3OS/c1-4-16-14(2,3)13(18)15-9-12-17-10-7-5-6-8-11(10)19-12/h5-8,16H,4,9H2,1-3H3,(H,15,18). The number of para-hydroxylation sites is 1. The Hall–Kier alpha value is -1.46. The Kier molecular flexibility index (Phi) is 4.17. The van der Waals surface area contributed by atoms with E-state index in [4.69, 9.17) is 0 Å². The Balaban J connectivity index is 2.00. The fraction of sp³-hybridized carbons (Fsp3) is 0.429. The SMILES string of the molecule is CCNC(C)(C)C(=O)NCc1nc2ccccc2s1. The number of nitrogens with zero attached hydrogens (tertiary/aromatic N) is 1. The first kappa shape index (κ1) is 14.0. The molecule has 0 radical (unpaired) electrons. The number of thiazole rings is 1. The van der Waals surface area contributed by atoms with Crippen LogP contribution in [0.4, 0.5) is 0 Å². The highest BCUT2D eigenvalue weighted by molar-refractivity contribution is 7.18. The summed E-state index contributed by atoms with van der Waals surface area (Å²) < 4.78 is 1.15. The van der Waals surface area contributed by atoms with Crippen LogP contribution in [0.1, 0.15) is 25.8 Å². The molecule has 2 rings (SSSR count). The van der Waals surface area contributed by atoms with Gasteiger partial charge in [0.2, 0.25) is 5.91 Å². The number of fused-ring (bicyclic) bond motifs is 1. The maximum Gasteiger partial charge on any atom is 0.240 e. The van der Waals surface area contributed by atoms with Crippen LogP contribution in [0.5, 0.6) is 0 Å². The van der Waals surface area contributed by atoms with Crippen LogP contribution < -0.4 is 10.6 Å². The minimum Gasteiger partial charge on any atom is -0.348 e. The van der Waals surface area contributed by atoms with E-state index in [1.807, 2.05) is 45.0 Å². The Morgan fingerprint density at radius 3 is 2.79 bits per heavy atom. The fourth-order valence-electron chi connectivity index (χ4n) is 1.89. The molecule has 0 saturated heterocycles. The van der Waals surface area contributed by atoms with Crippen molar-refractivity contribution in [3.63, 3.8) is 0 Å². The van der Waals surface area contributed by atoms with Crippen molar-refractivity contribution in [1.82, 2.24) is 15.6 Å². The monoisotopic (exact) mass is 277 g/mol. The molecule has 5 heteroatoms. The first-order valence-electron chi connectivity index (χ1n) is 6.40. The summed E-state index contributed by atoms with van der Waals surface area (Å²) in [7, 11) is 0. The second-order valence-corrected chi connectivity index (χ2v) is 6.03. The van der Waals surface area contributed by atoms with Crippen LogP contribution in [0.2, 0.25) is 0 Å². The van der Waals surface area contributed by atoms with Crippen molar-refractivity contribution in [2.45, 2.75) is 32.9 Å². The summed E-state index contributed by atoms with van der Waals surface area (Å²) in [6.45, 7) is 6.99. The number of amides is 1. The van der Waals surface area contributed by atoms with E-state index in [0.29, 0.717) is 6.54 Å². The van der Waals surface area contributed by atoms with E-state index in [0.717, 1.165) is 21.8 Å². The van der Waals surface area contributed by atoms with Gasteiger partial charge < -0.3 is 10.6 Å². The molecular weight excluding hydrogens is 258 g/mol. The summed E-state index contributed by atoms with van der Waals surface area (Å²) in [6, 6.07) is 8.00. The molecule has 19 heavy (non-hydrogen) atoms. The number of likely N-dealkylation sites (N-methyl/N-ethyl adjacent to an activating group) is 1. The second-order valence-electron chi connectivity index (χ2n) is 4.91. The van der Waals surface area contributed by atoms with Gasteiger partial charge in [-0.1, -0.05) is 19.1 Å². The highest BCUT2D eigenvalue weighted by Gasteiger charge is 2.25. The van der Waals surface area contributed by atoms with Gasteiger partial charge in [0.1, 0.15) is 5.01 Å². The minimum absolute atomic E-state index is 0.00592. The Morgan fingerprint density at radius 2 is 2.11 bits per heavy atom. The number of carbonyl (C=O) groups is 1. The molecule has 2 aromatic rings. The molecule has 1 aromatic heterocycles. The van der Waals surface area contributed by atoms with E-state index in [9.17, 15) is 4.79 Å². The Labute approximate surface area is 117 Å². The zero-order valence-electron chi connectivity index (χ0n) is 11.5. The number of nitrogens with one attached hydrogen (secondary N) is 2. The number of carbonyl (C=O) groups excluding carboxylic acids is 1. The first-order valence-corrected chi connectivity index (χ1v) is 7.22. The smallest absolute Gasteiger partial charge is 0.240 e. The molecule has 0 atom stereocenters. The van der Waals surface area contributed by atoms with Gasteiger partial charge in [-0.2, -0.15) is 0 Å². The topological polar surface area (TPSA) is 54.0 Å². The van der Waals surface area contributed by atoms with Gasteiger partial charge in [0.25, 0.3) is 0 Å². The van der Waals surface area contributed by atoms with Crippen molar-refractivity contribution in [1.29, 1.82) is 0 Å². The molecule has 1 amide bonds. The number of benzene rings is 1. The molecule has 4 nitrogen and oxygen atoms in total. The lowest BCUT2D eigenvalue weighted by atomic mass is 10.1. The summed E-state index contributed by atoms with van der Waals surface area (Å²) in [5, 5.41) is 7.02. The zero-order chi connectivity index (χ0) is 13.9. The van der Waals surface area contributed by atoms with Crippen LogP contribution in [0, 0.1) is 0 Å². The average molecular weight is 277 g/mol. The van der Waals surface area contributed by atoms with E-state index >= 15 is 0 Å². The first-order chi connectivity index (χ1) is 9.03. The summed E-state index contributed by atoms with van der Waals surface area (Å²) in [5.74, 6) is -0.00592. The van der Waals surface area contributed by atoms with Crippen LogP contribution in [0.3, 0.4) is 0 Å². The van der Waals surface area contributed by atoms with Gasteiger partial charge in [-0.25, -0.2) is 4.98 Å². The third kappa shape index (κ3) is 3.30. The molecule has 1 aromatic carbocycles. The molecule has 0 saturated carbocycles. The number of hydrogen-bond donors (Lipinski definition) is 2. The summed E-state index contributed by atoms with van der Waals surface area (Å²) in [6.07, 6.45) is 0. The largest absolute Gasteiger partial charge is 0.348 e. The van der Waals surface area contributed by atoms with Crippen LogP contribution in [-0.2, 0) is 11.3 Å². The number of rotatable bonds is 5. The summed E-state index contributed by atoms with van der Waals surface area (Å²) in [4.78, 5) is 16.5. The van der Waals surface area contributed by atoms with Crippen LogP contribution in [-0.4, -0.2) is 23.0 Å². The lowest BCUT2D eigenvalue weighted by molar-refractivity contribution is -0.126. The lowest BCUT2D eigenvalue weighted by Crippen LogP contribution is -2.52. The third-order valence-corrected chi connectivity index (χ3v) is 3.96. The predicted molar refractivity (Wildman–Crippen MR) is 79.2 cm³/mol. The molecule has 0 aliphatic carbocycles. The maximum atomic E-state index is 12.0. The van der Waals surface area contributed by atoms with Crippen molar-refractivity contribution >= 4 is 27.5 Å². The summed E-state index contributed by atoms with van der Waals surface area (Å²) in [5.41, 5.74) is 0.438. The van der Waals surface area contributed by atoms with Crippen LogP contribution in [0.25, 0.3) is 10.2 Å². The van der Waals surface area contributed by atoms with Gasteiger partial charge in [0.05, 0.1) is 22.3 Å². The molecule has 0 unspecified atom stereocenters. The zero-order valence-corrected chi connectivity index (χ0v) is 12.3. The molecule has 0 bridgehead atoms. The molecule has 102 valence electrons.